The molecule has 0 aromatic heterocycles. The SMILES string of the molecule is C=NC(COc1cccc(C(=O)OCC)c1)OCC. The zero-order chi connectivity index (χ0) is 14.1. The third kappa shape index (κ3) is 5.09. The number of benzene rings is 1. The summed E-state index contributed by atoms with van der Waals surface area (Å²) < 4.78 is 15.7. The van der Waals surface area contributed by atoms with Crippen LogP contribution in [0.15, 0.2) is 29.3 Å². The predicted molar refractivity (Wildman–Crippen MR) is 72.9 cm³/mol. The topological polar surface area (TPSA) is 57.1 Å². The number of ether oxygens (including phenoxy) is 3. The van der Waals surface area contributed by atoms with Crippen molar-refractivity contribution in [3.8, 4) is 5.75 Å². The van der Waals surface area contributed by atoms with Gasteiger partial charge in [0, 0.05) is 6.61 Å². The standard InChI is InChI=1S/C14H19NO4/c1-4-17-13(15-3)10-19-12-8-6-7-11(9-12)14(16)18-5-2/h6-9,13H,3-5,10H2,1-2H3. The van der Waals surface area contributed by atoms with Crippen LogP contribution in [0.25, 0.3) is 0 Å². The summed E-state index contributed by atoms with van der Waals surface area (Å²) in [6.45, 7) is 8.21. The summed E-state index contributed by atoms with van der Waals surface area (Å²) in [5.74, 6) is 0.204. The second-order valence-corrected chi connectivity index (χ2v) is 3.65. The summed E-state index contributed by atoms with van der Waals surface area (Å²) >= 11 is 0. The Morgan fingerprint density at radius 3 is 2.79 bits per heavy atom. The third-order valence-electron chi connectivity index (χ3n) is 2.30. The predicted octanol–water partition coefficient (Wildman–Crippen LogP) is 2.31. The fourth-order valence-electron chi connectivity index (χ4n) is 1.44. The van der Waals surface area contributed by atoms with Gasteiger partial charge in [-0.3, -0.25) is 4.99 Å². The van der Waals surface area contributed by atoms with E-state index in [9.17, 15) is 4.79 Å². The van der Waals surface area contributed by atoms with Gasteiger partial charge in [-0.25, -0.2) is 4.79 Å². The maximum Gasteiger partial charge on any atom is 0.338 e. The molecule has 0 fully saturated rings. The number of nitrogens with zero attached hydrogens (tertiary/aromatic N) is 1. The zero-order valence-corrected chi connectivity index (χ0v) is 11.3. The molecule has 0 saturated carbocycles. The molecule has 0 amide bonds. The average Bonchev–Trinajstić information content (AvgIpc) is 2.44. The molecule has 0 N–H and O–H groups in total. The Morgan fingerprint density at radius 1 is 1.37 bits per heavy atom. The van der Waals surface area contributed by atoms with E-state index >= 15 is 0 Å². The monoisotopic (exact) mass is 265 g/mol. The van der Waals surface area contributed by atoms with E-state index < -0.39 is 6.23 Å². The van der Waals surface area contributed by atoms with Crippen molar-refractivity contribution in [1.29, 1.82) is 0 Å². The Balaban J connectivity index is 2.61. The van der Waals surface area contributed by atoms with Crippen molar-refractivity contribution >= 4 is 12.7 Å². The summed E-state index contributed by atoms with van der Waals surface area (Å²) in [5.41, 5.74) is 0.457. The van der Waals surface area contributed by atoms with Crippen LogP contribution in [0.1, 0.15) is 24.2 Å². The van der Waals surface area contributed by atoms with Crippen molar-refractivity contribution in [3.63, 3.8) is 0 Å². The summed E-state index contributed by atoms with van der Waals surface area (Å²) in [6.07, 6.45) is -0.406. The quantitative estimate of drug-likeness (QED) is 0.534. The third-order valence-corrected chi connectivity index (χ3v) is 2.30. The minimum atomic E-state index is -0.406. The molecule has 1 atom stereocenters. The molecular formula is C14H19NO4. The molecule has 1 aromatic carbocycles. The normalized spacial score (nSPS) is 11.7. The second kappa shape index (κ2) is 8.26. The highest BCUT2D eigenvalue weighted by Crippen LogP contribution is 2.15. The number of carbonyl (C=O) groups is 1. The highest BCUT2D eigenvalue weighted by molar-refractivity contribution is 5.89. The maximum absolute atomic E-state index is 11.6. The Labute approximate surface area is 113 Å². The lowest BCUT2D eigenvalue weighted by Gasteiger charge is -2.13. The average molecular weight is 265 g/mol. The molecule has 19 heavy (non-hydrogen) atoms. The molecule has 1 unspecified atom stereocenters. The molecular weight excluding hydrogens is 246 g/mol. The molecule has 0 heterocycles. The van der Waals surface area contributed by atoms with E-state index in [-0.39, 0.29) is 12.6 Å². The molecule has 104 valence electrons. The Kier molecular flexibility index (Phi) is 6.60. The number of aliphatic imine (C=N–C) groups is 1. The van der Waals surface area contributed by atoms with Crippen LogP contribution in [0.5, 0.6) is 5.75 Å². The fourth-order valence-corrected chi connectivity index (χ4v) is 1.44. The first-order valence-electron chi connectivity index (χ1n) is 6.18. The smallest absolute Gasteiger partial charge is 0.338 e. The van der Waals surface area contributed by atoms with Gasteiger partial charge in [-0.15, -0.1) is 0 Å². The number of rotatable bonds is 8. The first-order valence-corrected chi connectivity index (χ1v) is 6.18. The lowest BCUT2D eigenvalue weighted by Crippen LogP contribution is -2.19. The lowest BCUT2D eigenvalue weighted by molar-refractivity contribution is 0.0344. The van der Waals surface area contributed by atoms with E-state index in [1.807, 2.05) is 6.92 Å². The molecule has 1 aromatic rings. The van der Waals surface area contributed by atoms with Crippen LogP contribution in [0, 0.1) is 0 Å². The Morgan fingerprint density at radius 2 is 2.16 bits per heavy atom. The van der Waals surface area contributed by atoms with Gasteiger partial charge in [0.05, 0.1) is 12.2 Å². The molecule has 1 rings (SSSR count). The molecule has 5 nitrogen and oxygen atoms in total. The van der Waals surface area contributed by atoms with Gasteiger partial charge in [0.15, 0.2) is 6.23 Å². The highest BCUT2D eigenvalue weighted by Gasteiger charge is 2.09. The van der Waals surface area contributed by atoms with Crippen LogP contribution in [0.3, 0.4) is 0 Å². The van der Waals surface area contributed by atoms with E-state index in [2.05, 4.69) is 11.7 Å². The van der Waals surface area contributed by atoms with Crippen LogP contribution >= 0.6 is 0 Å². The van der Waals surface area contributed by atoms with Gasteiger partial charge in [-0.2, -0.15) is 0 Å². The van der Waals surface area contributed by atoms with Gasteiger partial charge in [0.2, 0.25) is 0 Å². The largest absolute Gasteiger partial charge is 0.489 e. The van der Waals surface area contributed by atoms with Crippen molar-refractivity contribution in [3.05, 3.63) is 29.8 Å². The first-order chi connectivity index (χ1) is 9.21. The Bertz CT molecular complexity index is 420. The molecule has 0 aliphatic rings. The number of hydrogen-bond acceptors (Lipinski definition) is 5. The highest BCUT2D eigenvalue weighted by atomic mass is 16.5. The minimum Gasteiger partial charge on any atom is -0.489 e. The Hall–Kier alpha value is -1.88. The molecule has 0 aliphatic heterocycles. The van der Waals surface area contributed by atoms with Crippen LogP contribution in [0.4, 0.5) is 0 Å². The number of carbonyl (C=O) groups excluding carboxylic acids is 1. The van der Waals surface area contributed by atoms with Gasteiger partial charge in [0.25, 0.3) is 0 Å². The fraction of sp³-hybridized carbons (Fsp3) is 0.429. The summed E-state index contributed by atoms with van der Waals surface area (Å²) in [7, 11) is 0. The molecule has 0 radical (unpaired) electrons. The van der Waals surface area contributed by atoms with E-state index in [1.165, 1.54) is 0 Å². The van der Waals surface area contributed by atoms with Crippen molar-refractivity contribution in [2.45, 2.75) is 20.1 Å². The van der Waals surface area contributed by atoms with E-state index in [0.717, 1.165) is 0 Å². The lowest BCUT2D eigenvalue weighted by atomic mass is 10.2. The maximum atomic E-state index is 11.6. The van der Waals surface area contributed by atoms with Crippen LogP contribution in [-0.4, -0.2) is 38.7 Å². The summed E-state index contributed by atoms with van der Waals surface area (Å²) in [6, 6.07) is 6.80. The number of esters is 1. The van der Waals surface area contributed by atoms with Crippen LogP contribution < -0.4 is 4.74 Å². The first kappa shape index (κ1) is 15.2. The van der Waals surface area contributed by atoms with Crippen LogP contribution in [0.2, 0.25) is 0 Å². The van der Waals surface area contributed by atoms with Gasteiger partial charge in [0.1, 0.15) is 12.4 Å². The summed E-state index contributed by atoms with van der Waals surface area (Å²) in [4.78, 5) is 15.4. The zero-order valence-electron chi connectivity index (χ0n) is 11.3. The van der Waals surface area contributed by atoms with Crippen molar-refractivity contribution in [2.24, 2.45) is 4.99 Å². The van der Waals surface area contributed by atoms with Crippen LogP contribution in [-0.2, 0) is 9.47 Å². The van der Waals surface area contributed by atoms with Crippen molar-refractivity contribution < 1.29 is 19.0 Å². The summed E-state index contributed by atoms with van der Waals surface area (Å²) in [5, 5.41) is 0. The van der Waals surface area contributed by atoms with E-state index in [4.69, 9.17) is 14.2 Å². The second-order valence-electron chi connectivity index (χ2n) is 3.65. The van der Waals surface area contributed by atoms with Crippen molar-refractivity contribution in [1.82, 2.24) is 0 Å². The van der Waals surface area contributed by atoms with E-state index in [1.54, 1.807) is 31.2 Å². The molecule has 0 spiro atoms. The van der Waals surface area contributed by atoms with Gasteiger partial charge in [-0.05, 0) is 38.8 Å². The van der Waals surface area contributed by atoms with Gasteiger partial charge >= 0.3 is 5.97 Å². The molecule has 0 saturated heterocycles. The van der Waals surface area contributed by atoms with Gasteiger partial charge in [-0.1, -0.05) is 6.07 Å². The van der Waals surface area contributed by atoms with Crippen molar-refractivity contribution in [2.75, 3.05) is 19.8 Å². The molecule has 0 bridgehead atoms. The van der Waals surface area contributed by atoms with E-state index in [0.29, 0.717) is 24.5 Å². The molecule has 5 heteroatoms. The minimum absolute atomic E-state index is 0.254. The molecule has 0 aliphatic carbocycles. The van der Waals surface area contributed by atoms with Gasteiger partial charge < -0.3 is 14.2 Å². The number of hydrogen-bond donors (Lipinski definition) is 0.